The van der Waals surface area contributed by atoms with Crippen molar-refractivity contribution in [3.05, 3.63) is 29.1 Å². The van der Waals surface area contributed by atoms with Crippen LogP contribution in [0, 0.1) is 11.6 Å². The molecule has 0 unspecified atom stereocenters. The molecule has 0 radical (unpaired) electrons. The Morgan fingerprint density at radius 3 is 2.62 bits per heavy atom. The van der Waals surface area contributed by atoms with Gasteiger partial charge in [0.05, 0.1) is 6.61 Å². The summed E-state index contributed by atoms with van der Waals surface area (Å²) in [6, 6.07) is 2.08. The third-order valence-corrected chi connectivity index (χ3v) is 1.64. The molecule has 0 fully saturated rings. The number of nitrogens with zero attached hydrogens (tertiary/aromatic N) is 1. The molecule has 0 spiro atoms. The molecule has 1 aliphatic rings. The number of benzene rings is 1. The molecule has 0 bridgehead atoms. The first-order valence-corrected chi connectivity index (χ1v) is 3.57. The monoisotopic (exact) mass is 354 g/mol. The van der Waals surface area contributed by atoms with Crippen molar-refractivity contribution in [1.82, 2.24) is 0 Å². The van der Waals surface area contributed by atoms with E-state index in [2.05, 4.69) is 5.32 Å². The summed E-state index contributed by atoms with van der Waals surface area (Å²) in [6.45, 7) is 0.695. The Morgan fingerprint density at radius 1 is 1.23 bits per heavy atom. The summed E-state index contributed by atoms with van der Waals surface area (Å²) >= 11 is 0. The van der Waals surface area contributed by atoms with E-state index >= 15 is 0 Å². The number of halogens is 2. The molecule has 0 saturated heterocycles. The van der Waals surface area contributed by atoms with Crippen LogP contribution in [0.25, 0.3) is 5.32 Å². The van der Waals surface area contributed by atoms with Crippen molar-refractivity contribution >= 4 is 5.69 Å². The SMILES string of the molecule is Fc1ccc(F)c2c1[N-]CCO2.[W]. The van der Waals surface area contributed by atoms with E-state index in [1.54, 1.807) is 0 Å². The van der Waals surface area contributed by atoms with Crippen LogP contribution >= 0.6 is 0 Å². The molecule has 0 atom stereocenters. The molecular weight excluding hydrogens is 348 g/mol. The number of rotatable bonds is 0. The number of hydrogen-bond donors (Lipinski definition) is 0. The molecule has 1 aliphatic heterocycles. The average molecular weight is 354 g/mol. The Kier molecular flexibility index (Phi) is 3.26. The van der Waals surface area contributed by atoms with E-state index in [0.29, 0.717) is 13.2 Å². The molecule has 0 amide bonds. The van der Waals surface area contributed by atoms with Crippen LogP contribution in [-0.4, -0.2) is 13.2 Å². The van der Waals surface area contributed by atoms with Gasteiger partial charge in [0.15, 0.2) is 5.82 Å². The quantitative estimate of drug-likeness (QED) is 0.702. The molecule has 1 aromatic rings. The van der Waals surface area contributed by atoms with Crippen molar-refractivity contribution in [1.29, 1.82) is 0 Å². The first-order chi connectivity index (χ1) is 5.79. The Labute approximate surface area is 88.5 Å². The minimum atomic E-state index is -0.560. The van der Waals surface area contributed by atoms with Crippen molar-refractivity contribution < 1.29 is 34.6 Å². The zero-order valence-corrected chi connectivity index (χ0v) is 9.52. The summed E-state index contributed by atoms with van der Waals surface area (Å²) in [5, 5.41) is 3.81. The van der Waals surface area contributed by atoms with Gasteiger partial charge in [-0.25, -0.2) is 8.78 Å². The van der Waals surface area contributed by atoms with Gasteiger partial charge < -0.3 is 10.1 Å². The van der Waals surface area contributed by atoms with Gasteiger partial charge in [-0.05, 0) is 12.1 Å². The van der Waals surface area contributed by atoms with Crippen LogP contribution in [0.2, 0.25) is 0 Å². The Balaban J connectivity index is 0.000000845. The third-order valence-electron chi connectivity index (χ3n) is 1.64. The van der Waals surface area contributed by atoms with E-state index < -0.39 is 11.6 Å². The van der Waals surface area contributed by atoms with Crippen molar-refractivity contribution in [2.75, 3.05) is 13.2 Å². The summed E-state index contributed by atoms with van der Waals surface area (Å²) < 4.78 is 30.7. The van der Waals surface area contributed by atoms with E-state index in [-0.39, 0.29) is 32.5 Å². The predicted molar refractivity (Wildman–Crippen MR) is 39.7 cm³/mol. The van der Waals surface area contributed by atoms with Gasteiger partial charge in [0.1, 0.15) is 11.6 Å². The van der Waals surface area contributed by atoms with Crippen LogP contribution in [0.1, 0.15) is 0 Å². The maximum absolute atomic E-state index is 12.9. The smallest absolute Gasteiger partial charge is 0.163 e. The van der Waals surface area contributed by atoms with Crippen LogP contribution < -0.4 is 4.74 Å². The number of ether oxygens (including phenoxy) is 1. The minimum absolute atomic E-state index is 0. The van der Waals surface area contributed by atoms with Gasteiger partial charge in [-0.2, -0.15) is 0 Å². The predicted octanol–water partition coefficient (Wildman–Crippen LogP) is 2.36. The van der Waals surface area contributed by atoms with Crippen LogP contribution in [0.3, 0.4) is 0 Å². The summed E-state index contributed by atoms with van der Waals surface area (Å²) in [5.41, 5.74) is 0.00116. The summed E-state index contributed by atoms with van der Waals surface area (Å²) in [4.78, 5) is 0. The minimum Gasteiger partial charge on any atom is -0.676 e. The van der Waals surface area contributed by atoms with E-state index in [1.807, 2.05) is 0 Å². The molecule has 0 N–H and O–H groups in total. The van der Waals surface area contributed by atoms with Gasteiger partial charge >= 0.3 is 0 Å². The van der Waals surface area contributed by atoms with Crippen LogP contribution in [0.4, 0.5) is 14.5 Å². The first kappa shape index (κ1) is 10.4. The molecule has 13 heavy (non-hydrogen) atoms. The molecule has 1 aromatic carbocycles. The van der Waals surface area contributed by atoms with Gasteiger partial charge in [-0.15, -0.1) is 0 Å². The maximum atomic E-state index is 12.9. The molecule has 0 saturated carbocycles. The fourth-order valence-electron chi connectivity index (χ4n) is 1.11. The average Bonchev–Trinajstić information content (AvgIpc) is 2.12. The molecule has 1 heterocycles. The van der Waals surface area contributed by atoms with E-state index in [4.69, 9.17) is 4.74 Å². The fraction of sp³-hybridized carbons (Fsp3) is 0.250. The van der Waals surface area contributed by atoms with Crippen LogP contribution in [0.15, 0.2) is 12.1 Å². The third kappa shape index (κ3) is 1.83. The van der Waals surface area contributed by atoms with E-state index in [9.17, 15) is 8.78 Å². The van der Waals surface area contributed by atoms with Crippen molar-refractivity contribution in [3.8, 4) is 5.75 Å². The Bertz CT molecular complexity index is 288. The Morgan fingerprint density at radius 2 is 1.92 bits per heavy atom. The largest absolute Gasteiger partial charge is 0.676 e. The van der Waals surface area contributed by atoms with E-state index in [0.717, 1.165) is 12.1 Å². The fourth-order valence-corrected chi connectivity index (χ4v) is 1.11. The summed E-state index contributed by atoms with van der Waals surface area (Å²) in [5.74, 6) is -1.16. The van der Waals surface area contributed by atoms with Crippen LogP contribution in [0.5, 0.6) is 5.75 Å². The molecule has 2 rings (SSSR count). The van der Waals surface area contributed by atoms with Gasteiger partial charge in [-0.3, -0.25) is 0 Å². The molecule has 70 valence electrons. The van der Waals surface area contributed by atoms with Gasteiger partial charge in [-0.1, -0.05) is 12.2 Å². The summed E-state index contributed by atoms with van der Waals surface area (Å²) in [6.07, 6.45) is 0. The first-order valence-electron chi connectivity index (χ1n) is 3.57. The van der Waals surface area contributed by atoms with E-state index in [1.165, 1.54) is 0 Å². The Hall–Kier alpha value is -0.632. The molecule has 2 nitrogen and oxygen atoms in total. The van der Waals surface area contributed by atoms with Crippen molar-refractivity contribution in [2.24, 2.45) is 0 Å². The second-order valence-corrected chi connectivity index (χ2v) is 2.44. The second kappa shape index (κ2) is 4.05. The second-order valence-electron chi connectivity index (χ2n) is 2.44. The van der Waals surface area contributed by atoms with Crippen molar-refractivity contribution in [2.45, 2.75) is 0 Å². The zero-order chi connectivity index (χ0) is 8.55. The maximum Gasteiger partial charge on any atom is 0.163 e. The van der Waals surface area contributed by atoms with Gasteiger partial charge in [0.2, 0.25) is 0 Å². The van der Waals surface area contributed by atoms with Gasteiger partial charge in [0.25, 0.3) is 0 Å². The molecule has 0 aromatic heterocycles. The van der Waals surface area contributed by atoms with Crippen molar-refractivity contribution in [3.63, 3.8) is 0 Å². The topological polar surface area (TPSA) is 23.3 Å². The number of fused-ring (bicyclic) bond motifs is 1. The van der Waals surface area contributed by atoms with Crippen LogP contribution in [-0.2, 0) is 21.1 Å². The zero-order valence-electron chi connectivity index (χ0n) is 6.59. The number of hydrogen-bond acceptors (Lipinski definition) is 1. The molecular formula is C8H6F2NOW-. The van der Waals surface area contributed by atoms with Gasteiger partial charge in [0, 0.05) is 21.1 Å². The normalized spacial score (nSPS) is 13.4. The summed E-state index contributed by atoms with van der Waals surface area (Å²) in [7, 11) is 0. The standard InChI is InChI=1S/C8H6F2NO.W/c9-5-1-2-6(10)8-7(5)11-3-4-12-8;/h1-2H,3-4H2;/q-1;. The molecule has 0 aliphatic carbocycles. The molecule has 5 heteroatoms.